The molecule has 4 aromatic rings. The predicted octanol–water partition coefficient (Wildman–Crippen LogP) is 4.82. The minimum Gasteiger partial charge on any atom is -0.436 e. The van der Waals surface area contributed by atoms with Gasteiger partial charge in [-0.15, -0.1) is 0 Å². The molecule has 7 heteroatoms. The molecule has 0 atom stereocenters. The molecule has 3 heterocycles. The Morgan fingerprint density at radius 2 is 1.77 bits per heavy atom. The lowest BCUT2D eigenvalue weighted by Crippen LogP contribution is -2.39. The third-order valence-corrected chi connectivity index (χ3v) is 5.73. The Morgan fingerprint density at radius 1 is 1.03 bits per heavy atom. The lowest BCUT2D eigenvalue weighted by molar-refractivity contribution is 0.0695. The monoisotopic (exact) mass is 416 g/mol. The second kappa shape index (κ2) is 8.18. The molecule has 2 aromatic heterocycles. The number of halogens is 1. The van der Waals surface area contributed by atoms with Crippen LogP contribution in [0.5, 0.6) is 0 Å². The molecule has 0 radical (unpaired) electrons. The van der Waals surface area contributed by atoms with Crippen molar-refractivity contribution in [3.05, 3.63) is 84.8 Å². The molecule has 2 aromatic carbocycles. The molecular formula is C24H21FN4O2. The normalized spacial score (nSPS) is 14.7. The molecule has 5 rings (SSSR count). The molecule has 1 aliphatic heterocycles. The Bertz CT molecular complexity index is 1190. The number of aromatic nitrogens is 3. The molecule has 156 valence electrons. The van der Waals surface area contributed by atoms with Crippen molar-refractivity contribution >= 4 is 5.91 Å². The third-order valence-electron chi connectivity index (χ3n) is 5.73. The Morgan fingerprint density at radius 3 is 2.52 bits per heavy atom. The first-order chi connectivity index (χ1) is 15.2. The molecule has 0 unspecified atom stereocenters. The number of oxazole rings is 1. The van der Waals surface area contributed by atoms with Crippen LogP contribution in [0.2, 0.25) is 0 Å². The molecule has 1 saturated heterocycles. The number of hydrogen-bond acceptors (Lipinski definition) is 4. The van der Waals surface area contributed by atoms with Crippen LogP contribution in [0.25, 0.3) is 22.8 Å². The summed E-state index contributed by atoms with van der Waals surface area (Å²) in [6.45, 7) is 1.34. The first-order valence-electron chi connectivity index (χ1n) is 10.3. The number of likely N-dealkylation sites (tertiary alicyclic amines) is 1. The van der Waals surface area contributed by atoms with E-state index in [1.807, 2.05) is 35.6 Å². The number of amides is 1. The van der Waals surface area contributed by atoms with Crippen molar-refractivity contribution in [2.75, 3.05) is 13.1 Å². The summed E-state index contributed by atoms with van der Waals surface area (Å²) >= 11 is 0. The van der Waals surface area contributed by atoms with Crippen molar-refractivity contribution in [2.45, 2.75) is 18.9 Å². The van der Waals surface area contributed by atoms with Gasteiger partial charge in [0, 0.05) is 37.1 Å². The number of carbonyl (C=O) groups is 1. The van der Waals surface area contributed by atoms with Crippen molar-refractivity contribution in [1.82, 2.24) is 19.4 Å². The highest BCUT2D eigenvalue weighted by atomic mass is 19.1. The van der Waals surface area contributed by atoms with Gasteiger partial charge in [-0.3, -0.25) is 4.79 Å². The largest absolute Gasteiger partial charge is 0.436 e. The van der Waals surface area contributed by atoms with Gasteiger partial charge in [-0.25, -0.2) is 14.4 Å². The molecule has 6 nitrogen and oxygen atoms in total. The smallest absolute Gasteiger partial charge is 0.254 e. The van der Waals surface area contributed by atoms with Gasteiger partial charge < -0.3 is 13.9 Å². The molecule has 0 spiro atoms. The summed E-state index contributed by atoms with van der Waals surface area (Å²) in [6.07, 6.45) is 8.81. The van der Waals surface area contributed by atoms with Crippen molar-refractivity contribution in [3.8, 4) is 22.8 Å². The minimum absolute atomic E-state index is 0.0506. The van der Waals surface area contributed by atoms with Gasteiger partial charge in [0.15, 0.2) is 5.76 Å². The maximum absolute atomic E-state index is 14.1. The first-order valence-corrected chi connectivity index (χ1v) is 10.3. The summed E-state index contributed by atoms with van der Waals surface area (Å²) < 4.78 is 22.1. The lowest BCUT2D eigenvalue weighted by atomic mass is 10.0. The zero-order valence-corrected chi connectivity index (χ0v) is 16.8. The van der Waals surface area contributed by atoms with Crippen molar-refractivity contribution < 1.29 is 13.6 Å². The van der Waals surface area contributed by atoms with Gasteiger partial charge in [-0.2, -0.15) is 0 Å². The zero-order valence-electron chi connectivity index (χ0n) is 16.8. The average Bonchev–Trinajstić information content (AvgIpc) is 3.52. The highest BCUT2D eigenvalue weighted by molar-refractivity contribution is 6.00. The highest BCUT2D eigenvalue weighted by Gasteiger charge is 2.27. The van der Waals surface area contributed by atoms with E-state index in [1.54, 1.807) is 30.5 Å². The van der Waals surface area contributed by atoms with Crippen LogP contribution in [0.4, 0.5) is 4.39 Å². The van der Waals surface area contributed by atoms with Crippen LogP contribution in [0.15, 0.2) is 77.9 Å². The summed E-state index contributed by atoms with van der Waals surface area (Å²) in [5, 5.41) is 0. The molecule has 1 fully saturated rings. The van der Waals surface area contributed by atoms with E-state index in [-0.39, 0.29) is 11.7 Å². The molecule has 0 saturated carbocycles. The number of piperidine rings is 1. The fraction of sp³-hybridized carbons (Fsp3) is 0.208. The van der Waals surface area contributed by atoms with Gasteiger partial charge in [0.05, 0.1) is 23.7 Å². The lowest BCUT2D eigenvalue weighted by Gasteiger charge is -2.32. The van der Waals surface area contributed by atoms with E-state index in [9.17, 15) is 9.18 Å². The van der Waals surface area contributed by atoms with E-state index in [4.69, 9.17) is 4.42 Å². The number of imidazole rings is 1. The quantitative estimate of drug-likeness (QED) is 0.478. The average molecular weight is 416 g/mol. The van der Waals surface area contributed by atoms with Crippen molar-refractivity contribution in [3.63, 3.8) is 0 Å². The van der Waals surface area contributed by atoms with Crippen LogP contribution >= 0.6 is 0 Å². The summed E-state index contributed by atoms with van der Waals surface area (Å²) in [6, 6.07) is 14.0. The van der Waals surface area contributed by atoms with E-state index in [1.165, 1.54) is 12.3 Å². The van der Waals surface area contributed by atoms with E-state index in [0.717, 1.165) is 12.8 Å². The summed E-state index contributed by atoms with van der Waals surface area (Å²) in [5.41, 5.74) is 1.48. The van der Waals surface area contributed by atoms with E-state index in [0.29, 0.717) is 47.5 Å². The van der Waals surface area contributed by atoms with Crippen LogP contribution in [-0.4, -0.2) is 38.4 Å². The van der Waals surface area contributed by atoms with E-state index >= 15 is 0 Å². The second-order valence-electron chi connectivity index (χ2n) is 7.59. The molecule has 0 aliphatic carbocycles. The van der Waals surface area contributed by atoms with Crippen molar-refractivity contribution in [1.29, 1.82) is 0 Å². The van der Waals surface area contributed by atoms with Gasteiger partial charge in [-0.05, 0) is 37.1 Å². The molecule has 1 amide bonds. The van der Waals surface area contributed by atoms with Crippen LogP contribution in [0, 0.1) is 5.82 Å². The molecular weight excluding hydrogens is 395 g/mol. The predicted molar refractivity (Wildman–Crippen MR) is 114 cm³/mol. The van der Waals surface area contributed by atoms with Gasteiger partial charge >= 0.3 is 0 Å². The number of benzene rings is 2. The first kappa shape index (κ1) is 19.2. The van der Waals surface area contributed by atoms with Crippen LogP contribution in [0.1, 0.15) is 29.2 Å². The SMILES string of the molecule is O=C(c1ccccc1-c1ncc(-c2ccccc2F)o1)N1CCC(n2ccnc2)CC1. The molecule has 0 bridgehead atoms. The number of nitrogens with zero attached hydrogens (tertiary/aromatic N) is 4. The van der Waals surface area contributed by atoms with E-state index in [2.05, 4.69) is 14.5 Å². The topological polar surface area (TPSA) is 64.2 Å². The maximum Gasteiger partial charge on any atom is 0.254 e. The van der Waals surface area contributed by atoms with Gasteiger partial charge in [0.1, 0.15) is 5.82 Å². The fourth-order valence-electron chi connectivity index (χ4n) is 4.06. The highest BCUT2D eigenvalue weighted by Crippen LogP contribution is 2.31. The Balaban J connectivity index is 1.38. The molecule has 0 N–H and O–H groups in total. The van der Waals surface area contributed by atoms with Crippen LogP contribution in [0.3, 0.4) is 0 Å². The summed E-state index contributed by atoms with van der Waals surface area (Å²) in [4.78, 5) is 23.6. The van der Waals surface area contributed by atoms with Gasteiger partial charge in [0.25, 0.3) is 5.91 Å². The number of rotatable bonds is 4. The Kier molecular flexibility index (Phi) is 5.08. The summed E-state index contributed by atoms with van der Waals surface area (Å²) in [7, 11) is 0. The Labute approximate surface area is 179 Å². The van der Waals surface area contributed by atoms with Crippen LogP contribution < -0.4 is 0 Å². The van der Waals surface area contributed by atoms with Gasteiger partial charge in [-0.1, -0.05) is 24.3 Å². The zero-order chi connectivity index (χ0) is 21.2. The molecule has 1 aliphatic rings. The van der Waals surface area contributed by atoms with Crippen molar-refractivity contribution in [2.24, 2.45) is 0 Å². The summed E-state index contributed by atoms with van der Waals surface area (Å²) in [5.74, 6) is 0.202. The third kappa shape index (κ3) is 3.74. The van der Waals surface area contributed by atoms with Gasteiger partial charge in [0.2, 0.25) is 5.89 Å². The number of hydrogen-bond donors (Lipinski definition) is 0. The Hall–Kier alpha value is -3.74. The van der Waals surface area contributed by atoms with E-state index < -0.39 is 0 Å². The number of carbonyl (C=O) groups excluding carboxylic acids is 1. The second-order valence-corrected chi connectivity index (χ2v) is 7.59. The maximum atomic E-state index is 14.1. The standard InChI is InChI=1S/C24H21FN4O2/c25-21-8-4-3-7-20(21)22-15-27-23(31-22)18-5-1-2-6-19(18)24(30)28-12-9-17(10-13-28)29-14-11-26-16-29/h1-8,11,14-17H,9-10,12-13H2. The molecule has 31 heavy (non-hydrogen) atoms. The van der Waals surface area contributed by atoms with Crippen LogP contribution in [-0.2, 0) is 0 Å². The fourth-order valence-corrected chi connectivity index (χ4v) is 4.06. The minimum atomic E-state index is -0.379.